The first-order valence-electron chi connectivity index (χ1n) is 5.52. The Morgan fingerprint density at radius 1 is 1.38 bits per heavy atom. The fourth-order valence-electron chi connectivity index (χ4n) is 1.70. The van der Waals surface area contributed by atoms with E-state index in [1.54, 1.807) is 6.07 Å². The number of aromatic nitrogens is 1. The maximum atomic E-state index is 11.8. The fourth-order valence-corrected chi connectivity index (χ4v) is 3.33. The third-order valence-corrected chi connectivity index (χ3v) is 4.32. The van der Waals surface area contributed by atoms with Crippen molar-refractivity contribution >= 4 is 31.7 Å². The van der Waals surface area contributed by atoms with Crippen molar-refractivity contribution < 1.29 is 27.6 Å². The molecule has 0 atom stereocenters. The van der Waals surface area contributed by atoms with Gasteiger partial charge in [0.25, 0.3) is 0 Å². The Hall–Kier alpha value is -1.87. The molecule has 0 unspecified atom stereocenters. The molecule has 0 saturated heterocycles. The monoisotopic (exact) mass is 375 g/mol. The minimum atomic E-state index is -3.54. The van der Waals surface area contributed by atoms with Gasteiger partial charge in [-0.25, -0.2) is 13.2 Å². The van der Waals surface area contributed by atoms with Crippen molar-refractivity contribution in [1.29, 1.82) is 0 Å². The molecule has 0 saturated carbocycles. The van der Waals surface area contributed by atoms with Gasteiger partial charge in [0.2, 0.25) is 5.76 Å². The van der Waals surface area contributed by atoms with Crippen molar-refractivity contribution in [2.45, 2.75) is 4.90 Å². The Morgan fingerprint density at radius 3 is 2.52 bits per heavy atom. The summed E-state index contributed by atoms with van der Waals surface area (Å²) in [7, 11) is -2.18. The average molecular weight is 376 g/mol. The minimum Gasteiger partial charge on any atom is -0.494 e. The van der Waals surface area contributed by atoms with Gasteiger partial charge in [0.05, 0.1) is 11.6 Å². The highest BCUT2D eigenvalue weighted by molar-refractivity contribution is 9.10. The molecular formula is C12H10BrNO6S. The van der Waals surface area contributed by atoms with E-state index in [4.69, 9.17) is 9.84 Å². The van der Waals surface area contributed by atoms with Crippen molar-refractivity contribution in [1.82, 2.24) is 5.16 Å². The van der Waals surface area contributed by atoms with Gasteiger partial charge in [0, 0.05) is 17.9 Å². The zero-order chi connectivity index (χ0) is 15.8. The van der Waals surface area contributed by atoms with Crippen LogP contribution >= 0.6 is 15.9 Å². The Bertz CT molecular complexity index is 811. The third kappa shape index (κ3) is 3.08. The van der Waals surface area contributed by atoms with E-state index in [0.29, 0.717) is 10.0 Å². The summed E-state index contributed by atoms with van der Waals surface area (Å²) in [4.78, 5) is 10.7. The van der Waals surface area contributed by atoms with Crippen LogP contribution in [0.2, 0.25) is 0 Å². The molecule has 0 amide bonds. The van der Waals surface area contributed by atoms with Crippen LogP contribution in [0.1, 0.15) is 10.6 Å². The van der Waals surface area contributed by atoms with Crippen LogP contribution in [0.5, 0.6) is 5.75 Å². The summed E-state index contributed by atoms with van der Waals surface area (Å²) in [5.74, 6) is -1.43. The van der Waals surface area contributed by atoms with E-state index in [1.165, 1.54) is 19.2 Å². The SMILES string of the molecule is COc1c(Br)cc(-c2cc(C(=O)O)on2)cc1S(C)(=O)=O. The second-order valence-corrected chi connectivity index (χ2v) is 6.98. The first kappa shape index (κ1) is 15.5. The Morgan fingerprint density at radius 2 is 2.05 bits per heavy atom. The summed E-state index contributed by atoms with van der Waals surface area (Å²) < 4.78 is 33.8. The molecule has 0 fully saturated rings. The third-order valence-electron chi connectivity index (χ3n) is 2.63. The fraction of sp³-hybridized carbons (Fsp3) is 0.167. The highest BCUT2D eigenvalue weighted by Crippen LogP contribution is 2.36. The van der Waals surface area contributed by atoms with Gasteiger partial charge in [-0.05, 0) is 28.1 Å². The topological polar surface area (TPSA) is 107 Å². The molecule has 0 aliphatic rings. The number of rotatable bonds is 4. The molecule has 0 spiro atoms. The molecule has 1 heterocycles. The van der Waals surface area contributed by atoms with Gasteiger partial charge in [-0.15, -0.1) is 0 Å². The van der Waals surface area contributed by atoms with Crippen molar-refractivity contribution in [3.05, 3.63) is 28.4 Å². The molecule has 9 heteroatoms. The number of benzene rings is 1. The van der Waals surface area contributed by atoms with E-state index < -0.39 is 15.8 Å². The van der Waals surface area contributed by atoms with Gasteiger partial charge in [0.1, 0.15) is 10.6 Å². The summed E-state index contributed by atoms with van der Waals surface area (Å²) in [5.41, 5.74) is 0.597. The van der Waals surface area contributed by atoms with E-state index in [2.05, 4.69) is 25.6 Å². The molecule has 1 N–H and O–H groups in total. The van der Waals surface area contributed by atoms with Crippen molar-refractivity contribution in [2.75, 3.05) is 13.4 Å². The van der Waals surface area contributed by atoms with Crippen LogP contribution in [-0.2, 0) is 9.84 Å². The van der Waals surface area contributed by atoms with Gasteiger partial charge < -0.3 is 14.4 Å². The maximum Gasteiger partial charge on any atom is 0.374 e. The Balaban J connectivity index is 2.65. The summed E-state index contributed by atoms with van der Waals surface area (Å²) in [6, 6.07) is 4.13. The highest BCUT2D eigenvalue weighted by atomic mass is 79.9. The zero-order valence-electron chi connectivity index (χ0n) is 11.0. The smallest absolute Gasteiger partial charge is 0.374 e. The van der Waals surface area contributed by atoms with Crippen LogP contribution < -0.4 is 4.74 Å². The predicted octanol–water partition coefficient (Wildman–Crippen LogP) is 2.21. The average Bonchev–Trinajstić information content (AvgIpc) is 2.86. The second kappa shape index (κ2) is 5.49. The maximum absolute atomic E-state index is 11.8. The summed E-state index contributed by atoms with van der Waals surface area (Å²) in [6.07, 6.45) is 1.05. The van der Waals surface area contributed by atoms with Gasteiger partial charge in [-0.3, -0.25) is 0 Å². The number of ether oxygens (including phenoxy) is 1. The lowest BCUT2D eigenvalue weighted by Gasteiger charge is -2.10. The van der Waals surface area contributed by atoms with E-state index >= 15 is 0 Å². The van der Waals surface area contributed by atoms with Crippen molar-refractivity contribution in [2.24, 2.45) is 0 Å². The predicted molar refractivity (Wildman–Crippen MR) is 76.3 cm³/mol. The van der Waals surface area contributed by atoms with Crippen LogP contribution in [0.3, 0.4) is 0 Å². The van der Waals surface area contributed by atoms with E-state index in [-0.39, 0.29) is 22.1 Å². The van der Waals surface area contributed by atoms with Gasteiger partial charge in [-0.2, -0.15) is 0 Å². The summed E-state index contributed by atoms with van der Waals surface area (Å²) in [5, 5.41) is 12.4. The largest absolute Gasteiger partial charge is 0.494 e. The molecule has 1 aromatic heterocycles. The molecule has 2 rings (SSSR count). The van der Waals surface area contributed by atoms with E-state index in [1.807, 2.05) is 0 Å². The van der Waals surface area contributed by atoms with Crippen LogP contribution in [0.4, 0.5) is 0 Å². The van der Waals surface area contributed by atoms with E-state index in [9.17, 15) is 13.2 Å². The number of sulfone groups is 1. The molecule has 0 radical (unpaired) electrons. The van der Waals surface area contributed by atoms with Gasteiger partial charge in [0.15, 0.2) is 15.6 Å². The molecule has 2 aromatic rings. The van der Waals surface area contributed by atoms with Crippen LogP contribution in [0.15, 0.2) is 32.1 Å². The van der Waals surface area contributed by atoms with Crippen LogP contribution in [-0.4, -0.2) is 38.0 Å². The Kier molecular flexibility index (Phi) is 4.06. The molecule has 1 aromatic carbocycles. The van der Waals surface area contributed by atoms with Gasteiger partial charge in [-0.1, -0.05) is 5.16 Å². The Labute approximate surface area is 128 Å². The normalized spacial score (nSPS) is 11.4. The lowest BCUT2D eigenvalue weighted by Crippen LogP contribution is -2.02. The number of aromatic carboxylic acids is 1. The molecule has 0 bridgehead atoms. The molecule has 0 aliphatic heterocycles. The van der Waals surface area contributed by atoms with Gasteiger partial charge >= 0.3 is 5.97 Å². The standard InChI is InChI=1S/C12H10BrNO6S/c1-19-11-7(13)3-6(4-10(11)21(2,17)18)8-5-9(12(15)16)20-14-8/h3-5H,1-2H3,(H,15,16). The van der Waals surface area contributed by atoms with Crippen molar-refractivity contribution in [3.8, 4) is 17.0 Å². The lowest BCUT2D eigenvalue weighted by atomic mass is 10.1. The number of halogens is 1. The first-order chi connectivity index (χ1) is 9.74. The highest BCUT2D eigenvalue weighted by Gasteiger charge is 2.21. The molecule has 21 heavy (non-hydrogen) atoms. The number of hydrogen-bond acceptors (Lipinski definition) is 6. The molecule has 0 aliphatic carbocycles. The number of carbonyl (C=O) groups is 1. The lowest BCUT2D eigenvalue weighted by molar-refractivity contribution is 0.0652. The van der Waals surface area contributed by atoms with Crippen LogP contribution in [0, 0.1) is 0 Å². The number of carboxylic acid groups (broad SMARTS) is 1. The number of hydrogen-bond donors (Lipinski definition) is 1. The van der Waals surface area contributed by atoms with Crippen molar-refractivity contribution in [3.63, 3.8) is 0 Å². The van der Waals surface area contributed by atoms with Crippen LogP contribution in [0.25, 0.3) is 11.3 Å². The second-order valence-electron chi connectivity index (χ2n) is 4.14. The summed E-state index contributed by atoms with van der Waals surface area (Å²) in [6.45, 7) is 0. The minimum absolute atomic E-state index is 0.0331. The molecule has 112 valence electrons. The van der Waals surface area contributed by atoms with E-state index in [0.717, 1.165) is 6.26 Å². The zero-order valence-corrected chi connectivity index (χ0v) is 13.4. The molecular weight excluding hydrogens is 366 g/mol. The quantitative estimate of drug-likeness (QED) is 0.872. The summed E-state index contributed by atoms with van der Waals surface area (Å²) >= 11 is 3.22. The number of carboxylic acids is 1. The first-order valence-corrected chi connectivity index (χ1v) is 8.20. The molecule has 7 nitrogen and oxygen atoms in total. The number of nitrogens with zero attached hydrogens (tertiary/aromatic N) is 1. The number of methoxy groups -OCH3 is 1.